The van der Waals surface area contributed by atoms with Crippen molar-refractivity contribution in [2.45, 2.75) is 18.5 Å². The predicted molar refractivity (Wildman–Crippen MR) is 61.6 cm³/mol. The number of rotatable bonds is 4. The van der Waals surface area contributed by atoms with Crippen LogP contribution in [0.1, 0.15) is 22.8 Å². The zero-order valence-electron chi connectivity index (χ0n) is 10.6. The quantitative estimate of drug-likeness (QED) is 0.680. The monoisotopic (exact) mass is 326 g/mol. The summed E-state index contributed by atoms with van der Waals surface area (Å²) in [6, 6.07) is 0.457. The van der Waals surface area contributed by atoms with E-state index in [1.165, 1.54) is 0 Å². The van der Waals surface area contributed by atoms with Gasteiger partial charge in [-0.05, 0) is 23.8 Å². The minimum absolute atomic E-state index is 0.108. The molecule has 1 atom stereocenters. The van der Waals surface area contributed by atoms with Crippen molar-refractivity contribution in [3.8, 4) is 12.3 Å². The average molecular weight is 326 g/mol. The molecule has 0 bridgehead atoms. The van der Waals surface area contributed by atoms with E-state index in [0.29, 0.717) is 0 Å². The van der Waals surface area contributed by atoms with Gasteiger partial charge in [-0.15, -0.1) is 6.42 Å². The maximum Gasteiger partial charge on any atom is 0.416 e. The number of hydrogen-bond acceptors (Lipinski definition) is 2. The Labute approximate surface area is 120 Å². The first-order valence-corrected chi connectivity index (χ1v) is 5.54. The first-order valence-electron chi connectivity index (χ1n) is 5.54. The maximum absolute atomic E-state index is 12.7. The summed E-state index contributed by atoms with van der Waals surface area (Å²) >= 11 is 0. The average Bonchev–Trinajstić information content (AvgIpc) is 2.36. The normalized spacial score (nSPS) is 13.5. The number of terminal acetylenes is 1. The Hall–Kier alpha value is -2.21. The second-order valence-electron chi connectivity index (χ2n) is 4.07. The standard InChI is InChI=1S/C13H8F6O3/c1-2-3-22-10(11(20)21)7-4-8(12(14,15)16)6-9(5-7)13(17,18)19/h1,4-6,10H,3H2,(H,20,21). The van der Waals surface area contributed by atoms with Gasteiger partial charge in [-0.25, -0.2) is 4.79 Å². The summed E-state index contributed by atoms with van der Waals surface area (Å²) in [4.78, 5) is 11.0. The molecule has 0 aliphatic carbocycles. The lowest BCUT2D eigenvalue weighted by molar-refractivity contribution is -0.151. The molecule has 1 unspecified atom stereocenters. The third-order valence-corrected chi connectivity index (χ3v) is 2.47. The number of carbonyl (C=O) groups is 1. The minimum atomic E-state index is -5.08. The molecule has 1 aromatic carbocycles. The van der Waals surface area contributed by atoms with Crippen LogP contribution in [0.5, 0.6) is 0 Å². The highest BCUT2D eigenvalue weighted by Gasteiger charge is 2.38. The highest BCUT2D eigenvalue weighted by atomic mass is 19.4. The highest BCUT2D eigenvalue weighted by Crippen LogP contribution is 2.37. The second-order valence-corrected chi connectivity index (χ2v) is 4.07. The second kappa shape index (κ2) is 6.27. The molecule has 0 spiro atoms. The predicted octanol–water partition coefficient (Wildman–Crippen LogP) is 3.50. The van der Waals surface area contributed by atoms with E-state index in [2.05, 4.69) is 4.74 Å². The van der Waals surface area contributed by atoms with Crippen molar-refractivity contribution >= 4 is 5.97 Å². The van der Waals surface area contributed by atoms with Crippen LogP contribution in [0.3, 0.4) is 0 Å². The number of hydrogen-bond donors (Lipinski definition) is 1. The summed E-state index contributed by atoms with van der Waals surface area (Å²) < 4.78 is 80.6. The molecule has 0 aromatic heterocycles. The van der Waals surface area contributed by atoms with Crippen molar-refractivity contribution in [1.29, 1.82) is 0 Å². The van der Waals surface area contributed by atoms with Gasteiger partial charge in [-0.3, -0.25) is 0 Å². The van der Waals surface area contributed by atoms with Crippen LogP contribution in [-0.2, 0) is 21.9 Å². The van der Waals surface area contributed by atoms with Crippen LogP contribution in [0, 0.1) is 12.3 Å². The molecule has 0 heterocycles. The lowest BCUT2D eigenvalue weighted by atomic mass is 10.0. The lowest BCUT2D eigenvalue weighted by Crippen LogP contribution is -2.19. The number of halogens is 6. The van der Waals surface area contributed by atoms with Crippen molar-refractivity contribution in [3.63, 3.8) is 0 Å². The third kappa shape index (κ3) is 4.39. The van der Waals surface area contributed by atoms with Gasteiger partial charge in [0, 0.05) is 0 Å². The number of carboxylic acid groups (broad SMARTS) is 1. The zero-order valence-corrected chi connectivity index (χ0v) is 10.6. The SMILES string of the molecule is C#CCOC(C(=O)O)c1cc(C(F)(F)F)cc(C(F)(F)F)c1. The summed E-state index contributed by atoms with van der Waals surface area (Å²) in [6.07, 6.45) is -7.37. The number of benzene rings is 1. The summed E-state index contributed by atoms with van der Waals surface area (Å²) in [7, 11) is 0. The van der Waals surface area contributed by atoms with Crippen molar-refractivity contribution in [2.24, 2.45) is 0 Å². The fourth-order valence-electron chi connectivity index (χ4n) is 1.57. The summed E-state index contributed by atoms with van der Waals surface area (Å²) in [5, 5.41) is 8.88. The van der Waals surface area contributed by atoms with Crippen LogP contribution in [0.4, 0.5) is 26.3 Å². The molecule has 9 heteroatoms. The molecule has 1 rings (SSSR count). The zero-order chi connectivity index (χ0) is 17.1. The third-order valence-electron chi connectivity index (χ3n) is 2.47. The van der Waals surface area contributed by atoms with Crippen LogP contribution in [0.15, 0.2) is 18.2 Å². The molecule has 3 nitrogen and oxygen atoms in total. The molecule has 0 amide bonds. The first kappa shape index (κ1) is 17.8. The summed E-state index contributed by atoms with van der Waals surface area (Å²) in [5.74, 6) is 0.121. The fraction of sp³-hybridized carbons (Fsp3) is 0.308. The van der Waals surface area contributed by atoms with E-state index in [1.54, 1.807) is 0 Å². The molecule has 0 aliphatic rings. The Morgan fingerprint density at radius 1 is 1.14 bits per heavy atom. The molecule has 0 fully saturated rings. The van der Waals surface area contributed by atoms with E-state index < -0.39 is 47.7 Å². The van der Waals surface area contributed by atoms with Gasteiger partial charge in [0.2, 0.25) is 0 Å². The smallest absolute Gasteiger partial charge is 0.416 e. The van der Waals surface area contributed by atoms with Crippen LogP contribution < -0.4 is 0 Å². The number of alkyl halides is 6. The first-order chi connectivity index (χ1) is 9.96. The Bertz CT molecular complexity index is 565. The highest BCUT2D eigenvalue weighted by molar-refractivity contribution is 5.74. The summed E-state index contributed by atoms with van der Waals surface area (Å²) in [5.41, 5.74) is -4.06. The van der Waals surface area contributed by atoms with Crippen molar-refractivity contribution < 1.29 is 41.0 Å². The van der Waals surface area contributed by atoms with Gasteiger partial charge in [0.05, 0.1) is 11.1 Å². The minimum Gasteiger partial charge on any atom is -0.479 e. The van der Waals surface area contributed by atoms with E-state index in [9.17, 15) is 31.1 Å². The van der Waals surface area contributed by atoms with Gasteiger partial charge in [0.25, 0.3) is 0 Å². The Morgan fingerprint density at radius 2 is 1.59 bits per heavy atom. The maximum atomic E-state index is 12.7. The summed E-state index contributed by atoms with van der Waals surface area (Å²) in [6.45, 7) is -0.589. The Kier molecular flexibility index (Phi) is 5.09. The van der Waals surface area contributed by atoms with E-state index >= 15 is 0 Å². The van der Waals surface area contributed by atoms with Crippen molar-refractivity contribution in [3.05, 3.63) is 34.9 Å². The van der Waals surface area contributed by atoms with Crippen LogP contribution in [0.2, 0.25) is 0 Å². The molecule has 0 radical (unpaired) electrons. The Morgan fingerprint density at radius 3 is 1.91 bits per heavy atom. The van der Waals surface area contributed by atoms with E-state index in [0.717, 1.165) is 0 Å². The van der Waals surface area contributed by atoms with E-state index in [1.807, 2.05) is 5.92 Å². The van der Waals surface area contributed by atoms with E-state index in [-0.39, 0.29) is 18.2 Å². The molecule has 1 N–H and O–H groups in total. The molecule has 0 saturated carbocycles. The molecule has 120 valence electrons. The van der Waals surface area contributed by atoms with Gasteiger partial charge in [0.15, 0.2) is 6.10 Å². The van der Waals surface area contributed by atoms with Crippen LogP contribution >= 0.6 is 0 Å². The molecule has 0 saturated heterocycles. The van der Waals surface area contributed by atoms with Gasteiger partial charge >= 0.3 is 18.3 Å². The van der Waals surface area contributed by atoms with Gasteiger partial charge in [0.1, 0.15) is 6.61 Å². The van der Waals surface area contributed by atoms with Crippen molar-refractivity contribution in [2.75, 3.05) is 6.61 Å². The van der Waals surface area contributed by atoms with Gasteiger partial charge in [-0.1, -0.05) is 5.92 Å². The van der Waals surface area contributed by atoms with E-state index in [4.69, 9.17) is 11.5 Å². The topological polar surface area (TPSA) is 46.5 Å². The number of carboxylic acids is 1. The largest absolute Gasteiger partial charge is 0.479 e. The Balaban J connectivity index is 3.45. The molecular formula is C13H8F6O3. The lowest BCUT2D eigenvalue weighted by Gasteiger charge is -2.17. The fourth-order valence-corrected chi connectivity index (χ4v) is 1.57. The number of ether oxygens (including phenoxy) is 1. The molecule has 22 heavy (non-hydrogen) atoms. The van der Waals surface area contributed by atoms with Crippen LogP contribution in [-0.4, -0.2) is 17.7 Å². The molecule has 0 aliphatic heterocycles. The van der Waals surface area contributed by atoms with Gasteiger partial charge in [-0.2, -0.15) is 26.3 Å². The molecule has 1 aromatic rings. The van der Waals surface area contributed by atoms with Crippen molar-refractivity contribution in [1.82, 2.24) is 0 Å². The van der Waals surface area contributed by atoms with Gasteiger partial charge < -0.3 is 9.84 Å². The number of aliphatic carboxylic acids is 1. The van der Waals surface area contributed by atoms with Crippen LogP contribution in [0.25, 0.3) is 0 Å². The molecular weight excluding hydrogens is 318 g/mol.